The maximum Gasteiger partial charge on any atom is 0.305 e. The first-order valence-electron chi connectivity index (χ1n) is 7.86. The first-order chi connectivity index (χ1) is 12.0. The molecule has 6 nitrogen and oxygen atoms in total. The summed E-state index contributed by atoms with van der Waals surface area (Å²) in [7, 11) is 0. The highest BCUT2D eigenvalue weighted by Crippen LogP contribution is 2.44. The number of benzene rings is 1. The van der Waals surface area contributed by atoms with E-state index in [9.17, 15) is 14.4 Å². The molecule has 2 amide bonds. The van der Waals surface area contributed by atoms with E-state index >= 15 is 0 Å². The number of nitrogens with zero attached hydrogens (tertiary/aromatic N) is 2. The molecule has 1 saturated heterocycles. The van der Waals surface area contributed by atoms with Crippen LogP contribution in [0.1, 0.15) is 25.3 Å². The van der Waals surface area contributed by atoms with Gasteiger partial charge in [0.25, 0.3) is 11.8 Å². The molecule has 25 heavy (non-hydrogen) atoms. The molecule has 130 valence electrons. The summed E-state index contributed by atoms with van der Waals surface area (Å²) in [6.07, 6.45) is 0.606. The Bertz CT molecular complexity index is 819. The number of hydrogen-bond donors (Lipinski definition) is 1. The van der Waals surface area contributed by atoms with Crippen LogP contribution >= 0.6 is 24.0 Å². The Balaban J connectivity index is 2.02. The Hall–Kier alpha value is -2.19. The van der Waals surface area contributed by atoms with Crippen molar-refractivity contribution in [2.75, 3.05) is 18.0 Å². The average Bonchev–Trinajstić information content (AvgIpc) is 3.00. The number of amides is 2. The molecule has 1 fully saturated rings. The van der Waals surface area contributed by atoms with Crippen molar-refractivity contribution in [1.29, 1.82) is 0 Å². The zero-order valence-corrected chi connectivity index (χ0v) is 15.2. The van der Waals surface area contributed by atoms with E-state index in [1.54, 1.807) is 4.90 Å². The summed E-state index contributed by atoms with van der Waals surface area (Å²) >= 11 is 6.28. The summed E-state index contributed by atoms with van der Waals surface area (Å²) in [5, 5.41) is 8.83. The van der Waals surface area contributed by atoms with Crippen molar-refractivity contribution < 1.29 is 19.5 Å². The normalized spacial score (nSPS) is 19.8. The molecular weight excluding hydrogens is 360 g/mol. The van der Waals surface area contributed by atoms with Gasteiger partial charge in [0.15, 0.2) is 0 Å². The molecule has 2 aliphatic rings. The van der Waals surface area contributed by atoms with Crippen LogP contribution in [0.5, 0.6) is 0 Å². The minimum absolute atomic E-state index is 0.00525. The third kappa shape index (κ3) is 3.07. The molecule has 3 rings (SSSR count). The van der Waals surface area contributed by atoms with Crippen molar-refractivity contribution in [3.63, 3.8) is 0 Å². The molecule has 2 heterocycles. The number of hydrogen-bond acceptors (Lipinski definition) is 5. The van der Waals surface area contributed by atoms with Gasteiger partial charge in [-0.05, 0) is 12.5 Å². The molecule has 1 aromatic carbocycles. The molecule has 0 radical (unpaired) electrons. The Morgan fingerprint density at radius 2 is 1.88 bits per heavy atom. The quantitative estimate of drug-likeness (QED) is 0.628. The second-order valence-corrected chi connectivity index (χ2v) is 7.29. The van der Waals surface area contributed by atoms with Gasteiger partial charge in [0, 0.05) is 18.7 Å². The number of carboxylic acids is 1. The Kier molecular flexibility index (Phi) is 4.91. The van der Waals surface area contributed by atoms with Crippen LogP contribution in [-0.4, -0.2) is 45.2 Å². The fraction of sp³-hybridized carbons (Fsp3) is 0.294. The van der Waals surface area contributed by atoms with Crippen LogP contribution in [0.2, 0.25) is 0 Å². The lowest BCUT2D eigenvalue weighted by molar-refractivity contribution is -0.137. The molecule has 0 bridgehead atoms. The molecule has 1 N–H and O–H groups in total. The number of rotatable bonds is 5. The van der Waals surface area contributed by atoms with E-state index in [2.05, 4.69) is 0 Å². The SMILES string of the molecule is CCCN1C(=O)C(=C2SC(=S)N(CCC(=O)O)C2=O)c2ccccc21. The number of thioether (sulfide) groups is 1. The second-order valence-electron chi connectivity index (χ2n) is 5.65. The summed E-state index contributed by atoms with van der Waals surface area (Å²) in [5.41, 5.74) is 1.87. The van der Waals surface area contributed by atoms with Crippen LogP contribution in [0.15, 0.2) is 29.2 Å². The lowest BCUT2D eigenvalue weighted by atomic mass is 10.1. The van der Waals surface area contributed by atoms with Gasteiger partial charge < -0.3 is 10.0 Å². The number of carbonyl (C=O) groups excluding carboxylic acids is 2. The van der Waals surface area contributed by atoms with Crippen LogP contribution in [0.4, 0.5) is 5.69 Å². The summed E-state index contributed by atoms with van der Waals surface area (Å²) in [6.45, 7) is 2.56. The molecule has 0 unspecified atom stereocenters. The lowest BCUT2D eigenvalue weighted by Crippen LogP contribution is -2.31. The van der Waals surface area contributed by atoms with Gasteiger partial charge in [0.2, 0.25) is 0 Å². The monoisotopic (exact) mass is 376 g/mol. The van der Waals surface area contributed by atoms with Crippen molar-refractivity contribution in [1.82, 2.24) is 4.90 Å². The van der Waals surface area contributed by atoms with E-state index in [0.29, 0.717) is 12.1 Å². The fourth-order valence-corrected chi connectivity index (χ4v) is 4.27. The molecule has 2 aliphatic heterocycles. The highest BCUT2D eigenvalue weighted by molar-refractivity contribution is 8.26. The summed E-state index contributed by atoms with van der Waals surface area (Å²) in [5.74, 6) is -1.60. The van der Waals surface area contributed by atoms with Gasteiger partial charge in [-0.2, -0.15) is 0 Å². The topological polar surface area (TPSA) is 77.9 Å². The molecule has 0 atom stereocenters. The zero-order chi connectivity index (χ0) is 18.1. The van der Waals surface area contributed by atoms with Crippen LogP contribution in [0, 0.1) is 0 Å². The first-order valence-corrected chi connectivity index (χ1v) is 9.09. The van der Waals surface area contributed by atoms with Crippen LogP contribution < -0.4 is 4.90 Å². The third-order valence-electron chi connectivity index (χ3n) is 4.00. The summed E-state index contributed by atoms with van der Waals surface area (Å²) < 4.78 is 0.285. The van der Waals surface area contributed by atoms with Crippen LogP contribution in [0.25, 0.3) is 5.57 Å². The summed E-state index contributed by atoms with van der Waals surface area (Å²) in [4.78, 5) is 39.6. The van der Waals surface area contributed by atoms with E-state index in [1.807, 2.05) is 31.2 Å². The number of anilines is 1. The molecule has 8 heteroatoms. The molecular formula is C17H16N2O4S2. The van der Waals surface area contributed by atoms with E-state index in [0.717, 1.165) is 29.4 Å². The Labute approximate surface area is 154 Å². The molecule has 0 aromatic heterocycles. The van der Waals surface area contributed by atoms with Crippen LogP contribution in [-0.2, 0) is 14.4 Å². The standard InChI is InChI=1S/C17H16N2O4S2/c1-2-8-18-11-6-4-3-5-10(11)13(15(18)22)14-16(23)19(17(24)25-14)9-7-12(20)21/h3-6H,2,7-9H2,1H3,(H,20,21). The fourth-order valence-electron chi connectivity index (χ4n) is 2.89. The van der Waals surface area contributed by atoms with Gasteiger partial charge in [-0.1, -0.05) is 49.1 Å². The second kappa shape index (κ2) is 6.97. The van der Waals surface area contributed by atoms with Crippen molar-refractivity contribution in [3.8, 4) is 0 Å². The molecule has 1 aromatic rings. The van der Waals surface area contributed by atoms with E-state index in [1.165, 1.54) is 4.90 Å². The van der Waals surface area contributed by atoms with Gasteiger partial charge >= 0.3 is 5.97 Å². The molecule has 0 saturated carbocycles. The number of fused-ring (bicyclic) bond motifs is 1. The average molecular weight is 376 g/mol. The number of thiocarbonyl (C=S) groups is 1. The predicted octanol–water partition coefficient (Wildman–Crippen LogP) is 2.49. The molecule has 0 spiro atoms. The largest absolute Gasteiger partial charge is 0.481 e. The van der Waals surface area contributed by atoms with Gasteiger partial charge in [-0.3, -0.25) is 19.3 Å². The van der Waals surface area contributed by atoms with E-state index < -0.39 is 11.9 Å². The number of aliphatic carboxylic acids is 1. The minimum Gasteiger partial charge on any atom is -0.481 e. The minimum atomic E-state index is -1.00. The van der Waals surface area contributed by atoms with Crippen molar-refractivity contribution in [3.05, 3.63) is 34.7 Å². The smallest absolute Gasteiger partial charge is 0.305 e. The summed E-state index contributed by atoms with van der Waals surface area (Å²) in [6, 6.07) is 7.37. The third-order valence-corrected chi connectivity index (χ3v) is 5.44. The van der Waals surface area contributed by atoms with Crippen LogP contribution in [0.3, 0.4) is 0 Å². The van der Waals surface area contributed by atoms with Crippen molar-refractivity contribution in [2.24, 2.45) is 0 Å². The number of para-hydroxylation sites is 1. The van der Waals surface area contributed by atoms with Gasteiger partial charge in [0.1, 0.15) is 4.32 Å². The van der Waals surface area contributed by atoms with Crippen molar-refractivity contribution >= 4 is 57.3 Å². The lowest BCUT2D eigenvalue weighted by Gasteiger charge is -2.15. The molecule has 0 aliphatic carbocycles. The zero-order valence-electron chi connectivity index (χ0n) is 13.5. The highest BCUT2D eigenvalue weighted by Gasteiger charge is 2.41. The Morgan fingerprint density at radius 3 is 2.56 bits per heavy atom. The van der Waals surface area contributed by atoms with Crippen molar-refractivity contribution in [2.45, 2.75) is 19.8 Å². The maximum atomic E-state index is 12.9. The van der Waals surface area contributed by atoms with E-state index in [4.69, 9.17) is 17.3 Å². The maximum absolute atomic E-state index is 12.9. The van der Waals surface area contributed by atoms with Gasteiger partial charge in [-0.15, -0.1) is 0 Å². The first kappa shape index (κ1) is 17.6. The number of carbonyl (C=O) groups is 3. The Morgan fingerprint density at radius 1 is 1.16 bits per heavy atom. The highest BCUT2D eigenvalue weighted by atomic mass is 32.2. The van der Waals surface area contributed by atoms with Gasteiger partial charge in [0.05, 0.1) is 22.6 Å². The van der Waals surface area contributed by atoms with E-state index in [-0.39, 0.29) is 28.1 Å². The van der Waals surface area contributed by atoms with Gasteiger partial charge in [-0.25, -0.2) is 0 Å². The predicted molar refractivity (Wildman–Crippen MR) is 100 cm³/mol. The number of carboxylic acid groups (broad SMARTS) is 1.